The molecule has 0 saturated carbocycles. The van der Waals surface area contributed by atoms with Crippen LogP contribution in [0.25, 0.3) is 0 Å². The maximum Gasteiger partial charge on any atom is 0.251 e. The molecule has 0 unspecified atom stereocenters. The highest BCUT2D eigenvalue weighted by atomic mass is 79.9. The van der Waals surface area contributed by atoms with E-state index in [4.69, 9.17) is 5.11 Å². The first kappa shape index (κ1) is 12.2. The van der Waals surface area contributed by atoms with Gasteiger partial charge in [-0.3, -0.25) is 4.79 Å². The van der Waals surface area contributed by atoms with E-state index in [0.29, 0.717) is 12.1 Å². The molecule has 0 aliphatic heterocycles. The van der Waals surface area contributed by atoms with Crippen molar-refractivity contribution in [2.75, 3.05) is 13.2 Å². The topological polar surface area (TPSA) is 49.3 Å². The first-order valence-electron chi connectivity index (χ1n) is 4.88. The fraction of sp³-hybridized carbons (Fsp3) is 0.364. The Morgan fingerprint density at radius 3 is 2.87 bits per heavy atom. The van der Waals surface area contributed by atoms with Crippen molar-refractivity contribution in [3.63, 3.8) is 0 Å². The Balaban J connectivity index is 2.40. The number of halogens is 1. The summed E-state index contributed by atoms with van der Waals surface area (Å²) in [5, 5.41) is 11.4. The molecule has 0 aromatic heterocycles. The molecule has 82 valence electrons. The molecule has 0 aliphatic carbocycles. The Labute approximate surface area is 97.6 Å². The first-order chi connectivity index (χ1) is 7.24. The lowest BCUT2D eigenvalue weighted by atomic mass is 10.2. The molecule has 1 amide bonds. The van der Waals surface area contributed by atoms with Gasteiger partial charge in [0.2, 0.25) is 0 Å². The zero-order chi connectivity index (χ0) is 11.1. The van der Waals surface area contributed by atoms with E-state index < -0.39 is 0 Å². The lowest BCUT2D eigenvalue weighted by Gasteiger charge is -2.04. The minimum Gasteiger partial charge on any atom is -0.396 e. The summed E-state index contributed by atoms with van der Waals surface area (Å²) in [5.41, 5.74) is 0.647. The average molecular weight is 272 g/mol. The van der Waals surface area contributed by atoms with E-state index in [1.54, 1.807) is 12.1 Å². The molecule has 0 heterocycles. The van der Waals surface area contributed by atoms with Crippen LogP contribution < -0.4 is 5.32 Å². The summed E-state index contributed by atoms with van der Waals surface area (Å²) < 4.78 is 0.894. The van der Waals surface area contributed by atoms with Crippen molar-refractivity contribution in [2.45, 2.75) is 12.8 Å². The van der Waals surface area contributed by atoms with E-state index in [0.717, 1.165) is 17.3 Å². The number of hydrogen-bond donors (Lipinski definition) is 2. The summed E-state index contributed by atoms with van der Waals surface area (Å²) in [4.78, 5) is 11.6. The van der Waals surface area contributed by atoms with Gasteiger partial charge in [0.05, 0.1) is 0 Å². The van der Waals surface area contributed by atoms with Gasteiger partial charge in [-0.2, -0.15) is 0 Å². The number of unbranched alkanes of at least 4 members (excludes halogenated alkanes) is 1. The van der Waals surface area contributed by atoms with Gasteiger partial charge in [0, 0.05) is 23.2 Å². The van der Waals surface area contributed by atoms with Crippen molar-refractivity contribution in [3.8, 4) is 0 Å². The summed E-state index contributed by atoms with van der Waals surface area (Å²) in [6.45, 7) is 0.776. The molecular formula is C11H14BrNO2. The standard InChI is InChI=1S/C11H14BrNO2/c12-10-5-3-4-9(8-10)11(15)13-6-1-2-7-14/h3-5,8,14H,1-2,6-7H2,(H,13,15). The number of hydrogen-bond acceptors (Lipinski definition) is 2. The number of aliphatic hydroxyl groups excluding tert-OH is 1. The summed E-state index contributed by atoms with van der Waals surface area (Å²) in [6, 6.07) is 7.25. The van der Waals surface area contributed by atoms with Gasteiger partial charge in [0.25, 0.3) is 5.91 Å². The largest absolute Gasteiger partial charge is 0.396 e. The van der Waals surface area contributed by atoms with Crippen LogP contribution in [0, 0.1) is 0 Å². The normalized spacial score (nSPS) is 10.0. The SMILES string of the molecule is O=C(NCCCCO)c1cccc(Br)c1. The molecule has 1 rings (SSSR count). The number of aliphatic hydroxyl groups is 1. The molecule has 0 saturated heterocycles. The van der Waals surface area contributed by atoms with Crippen molar-refractivity contribution >= 4 is 21.8 Å². The summed E-state index contributed by atoms with van der Waals surface area (Å²) in [5.74, 6) is -0.0748. The smallest absolute Gasteiger partial charge is 0.251 e. The molecule has 3 nitrogen and oxygen atoms in total. The van der Waals surface area contributed by atoms with Gasteiger partial charge < -0.3 is 10.4 Å². The van der Waals surface area contributed by atoms with Gasteiger partial charge in [-0.1, -0.05) is 22.0 Å². The molecule has 0 fully saturated rings. The van der Waals surface area contributed by atoms with Crippen molar-refractivity contribution < 1.29 is 9.90 Å². The summed E-state index contributed by atoms with van der Waals surface area (Å²) >= 11 is 3.31. The number of carbonyl (C=O) groups is 1. The third-order valence-corrected chi connectivity index (χ3v) is 2.45. The second-order valence-corrected chi connectivity index (χ2v) is 4.11. The van der Waals surface area contributed by atoms with E-state index in [-0.39, 0.29) is 12.5 Å². The molecule has 1 aromatic rings. The molecule has 0 radical (unpaired) electrons. The lowest BCUT2D eigenvalue weighted by Crippen LogP contribution is -2.24. The van der Waals surface area contributed by atoms with E-state index >= 15 is 0 Å². The predicted molar refractivity (Wildman–Crippen MR) is 62.8 cm³/mol. The van der Waals surface area contributed by atoms with Crippen LogP contribution in [-0.4, -0.2) is 24.2 Å². The highest BCUT2D eigenvalue weighted by Gasteiger charge is 2.03. The van der Waals surface area contributed by atoms with Gasteiger partial charge in [0.1, 0.15) is 0 Å². The number of amides is 1. The first-order valence-corrected chi connectivity index (χ1v) is 5.68. The number of benzene rings is 1. The number of carbonyl (C=O) groups excluding carboxylic acids is 1. The van der Waals surface area contributed by atoms with Crippen LogP contribution >= 0.6 is 15.9 Å². The van der Waals surface area contributed by atoms with Crippen LogP contribution in [-0.2, 0) is 0 Å². The van der Waals surface area contributed by atoms with Crippen molar-refractivity contribution in [3.05, 3.63) is 34.3 Å². The van der Waals surface area contributed by atoms with E-state index in [1.165, 1.54) is 0 Å². The molecule has 0 atom stereocenters. The maximum atomic E-state index is 11.6. The van der Waals surface area contributed by atoms with Gasteiger partial charge in [-0.15, -0.1) is 0 Å². The van der Waals surface area contributed by atoms with Crippen LogP contribution in [0.15, 0.2) is 28.7 Å². The van der Waals surface area contributed by atoms with Crippen LogP contribution in [0.3, 0.4) is 0 Å². The second kappa shape index (κ2) is 6.58. The fourth-order valence-electron chi connectivity index (χ4n) is 1.17. The van der Waals surface area contributed by atoms with Crippen molar-refractivity contribution in [2.24, 2.45) is 0 Å². The zero-order valence-corrected chi connectivity index (χ0v) is 9.96. The van der Waals surface area contributed by atoms with Crippen LogP contribution in [0.4, 0.5) is 0 Å². The van der Waals surface area contributed by atoms with Crippen LogP contribution in [0.5, 0.6) is 0 Å². The maximum absolute atomic E-state index is 11.6. The quantitative estimate of drug-likeness (QED) is 0.805. The average Bonchev–Trinajstić information content (AvgIpc) is 2.24. The highest BCUT2D eigenvalue weighted by Crippen LogP contribution is 2.11. The van der Waals surface area contributed by atoms with Crippen LogP contribution in [0.2, 0.25) is 0 Å². The third kappa shape index (κ3) is 4.44. The number of rotatable bonds is 5. The monoisotopic (exact) mass is 271 g/mol. The number of nitrogens with one attached hydrogen (secondary N) is 1. The van der Waals surface area contributed by atoms with Crippen LogP contribution in [0.1, 0.15) is 23.2 Å². The third-order valence-electron chi connectivity index (χ3n) is 1.96. The second-order valence-electron chi connectivity index (χ2n) is 3.20. The van der Waals surface area contributed by atoms with Crippen molar-refractivity contribution in [1.29, 1.82) is 0 Å². The molecular weight excluding hydrogens is 258 g/mol. The Morgan fingerprint density at radius 2 is 2.20 bits per heavy atom. The van der Waals surface area contributed by atoms with Gasteiger partial charge >= 0.3 is 0 Å². The molecule has 0 aliphatic rings. The fourth-order valence-corrected chi connectivity index (χ4v) is 1.57. The summed E-state index contributed by atoms with van der Waals surface area (Å²) in [6.07, 6.45) is 1.52. The minimum atomic E-state index is -0.0748. The van der Waals surface area contributed by atoms with E-state index in [1.807, 2.05) is 12.1 Å². The van der Waals surface area contributed by atoms with Crippen molar-refractivity contribution in [1.82, 2.24) is 5.32 Å². The Morgan fingerprint density at radius 1 is 1.40 bits per heavy atom. The molecule has 4 heteroatoms. The predicted octanol–water partition coefficient (Wildman–Crippen LogP) is 1.95. The highest BCUT2D eigenvalue weighted by molar-refractivity contribution is 9.10. The molecule has 2 N–H and O–H groups in total. The lowest BCUT2D eigenvalue weighted by molar-refractivity contribution is 0.0952. The van der Waals surface area contributed by atoms with E-state index in [9.17, 15) is 4.79 Å². The minimum absolute atomic E-state index is 0.0748. The van der Waals surface area contributed by atoms with Gasteiger partial charge in [-0.05, 0) is 31.0 Å². The van der Waals surface area contributed by atoms with Gasteiger partial charge in [-0.25, -0.2) is 0 Å². The Hall–Kier alpha value is -0.870. The molecule has 0 spiro atoms. The molecule has 0 bridgehead atoms. The Kier molecular flexibility index (Phi) is 5.36. The zero-order valence-electron chi connectivity index (χ0n) is 8.37. The van der Waals surface area contributed by atoms with Gasteiger partial charge in [0.15, 0.2) is 0 Å². The molecule has 1 aromatic carbocycles. The molecule has 15 heavy (non-hydrogen) atoms. The summed E-state index contributed by atoms with van der Waals surface area (Å²) in [7, 11) is 0. The Bertz CT molecular complexity index is 328. The van der Waals surface area contributed by atoms with E-state index in [2.05, 4.69) is 21.2 Å².